The fraction of sp³-hybridized carbons (Fsp3) is 0.714. The lowest BCUT2D eigenvalue weighted by Crippen LogP contribution is -2.36. The normalized spacial score (nSPS) is 21.7. The van der Waals surface area contributed by atoms with E-state index in [1.54, 1.807) is 11.3 Å². The molecule has 2 N–H and O–H groups in total. The molecule has 1 unspecified atom stereocenters. The van der Waals surface area contributed by atoms with Gasteiger partial charge in [0.1, 0.15) is 4.88 Å². The molecule has 0 spiro atoms. The Bertz CT molecular complexity index is 469. The van der Waals surface area contributed by atoms with Gasteiger partial charge >= 0.3 is 0 Å². The maximum atomic E-state index is 12.3. The minimum absolute atomic E-state index is 0. The summed E-state index contributed by atoms with van der Waals surface area (Å²) in [4.78, 5) is 17.7. The van der Waals surface area contributed by atoms with Gasteiger partial charge in [-0.2, -0.15) is 0 Å². The van der Waals surface area contributed by atoms with E-state index in [-0.39, 0.29) is 36.8 Å². The molecular formula is C14H23Cl2N3OS. The molecular weight excluding hydrogens is 329 g/mol. The summed E-state index contributed by atoms with van der Waals surface area (Å²) in [6.07, 6.45) is 6.11. The van der Waals surface area contributed by atoms with Crippen LogP contribution in [0.4, 0.5) is 0 Å². The van der Waals surface area contributed by atoms with Crippen LogP contribution in [-0.4, -0.2) is 30.0 Å². The summed E-state index contributed by atoms with van der Waals surface area (Å²) in [5.74, 6) is 0.659. The van der Waals surface area contributed by atoms with Crippen LogP contribution in [0.1, 0.15) is 58.4 Å². The van der Waals surface area contributed by atoms with Crippen LogP contribution in [0.2, 0.25) is 0 Å². The Morgan fingerprint density at radius 2 is 2.00 bits per heavy atom. The second kappa shape index (κ2) is 8.32. The SMILES string of the molecule is Cc1nc(C2CCCC2)sc1C(=O)NC1CCNC1.Cl.Cl. The number of aryl methyl sites for hydroxylation is 1. The predicted molar refractivity (Wildman–Crippen MR) is 91.3 cm³/mol. The van der Waals surface area contributed by atoms with E-state index in [1.807, 2.05) is 6.92 Å². The fourth-order valence-corrected chi connectivity index (χ4v) is 4.14. The summed E-state index contributed by atoms with van der Waals surface area (Å²) >= 11 is 1.60. The van der Waals surface area contributed by atoms with Crippen LogP contribution in [-0.2, 0) is 0 Å². The number of nitrogens with one attached hydrogen (secondary N) is 2. The van der Waals surface area contributed by atoms with E-state index < -0.39 is 0 Å². The van der Waals surface area contributed by atoms with Crippen molar-refractivity contribution >= 4 is 42.1 Å². The van der Waals surface area contributed by atoms with Crippen LogP contribution in [0.5, 0.6) is 0 Å². The highest BCUT2D eigenvalue weighted by molar-refractivity contribution is 7.13. The number of carbonyl (C=O) groups excluding carboxylic acids is 1. The number of carbonyl (C=O) groups is 1. The van der Waals surface area contributed by atoms with E-state index in [1.165, 1.54) is 30.7 Å². The highest BCUT2D eigenvalue weighted by atomic mass is 35.5. The molecule has 1 aliphatic carbocycles. The first-order valence-corrected chi connectivity index (χ1v) is 8.04. The lowest BCUT2D eigenvalue weighted by Gasteiger charge is -2.10. The van der Waals surface area contributed by atoms with Gasteiger partial charge in [-0.15, -0.1) is 36.2 Å². The molecule has 1 aliphatic heterocycles. The molecule has 0 radical (unpaired) electrons. The van der Waals surface area contributed by atoms with Crippen molar-refractivity contribution in [3.05, 3.63) is 15.6 Å². The molecule has 1 amide bonds. The zero-order chi connectivity index (χ0) is 13.2. The lowest BCUT2D eigenvalue weighted by atomic mass is 10.1. The first-order chi connectivity index (χ1) is 9.24. The van der Waals surface area contributed by atoms with Crippen molar-refractivity contribution in [2.75, 3.05) is 13.1 Å². The van der Waals surface area contributed by atoms with Crippen LogP contribution in [0.15, 0.2) is 0 Å². The van der Waals surface area contributed by atoms with Crippen LogP contribution in [0.3, 0.4) is 0 Å². The molecule has 1 atom stereocenters. The molecule has 1 saturated carbocycles. The number of rotatable bonds is 3. The second-order valence-electron chi connectivity index (χ2n) is 5.61. The Balaban J connectivity index is 0.00000110. The van der Waals surface area contributed by atoms with Gasteiger partial charge < -0.3 is 10.6 Å². The van der Waals surface area contributed by atoms with Gasteiger partial charge in [-0.05, 0) is 32.7 Å². The minimum Gasteiger partial charge on any atom is -0.347 e. The van der Waals surface area contributed by atoms with E-state index in [4.69, 9.17) is 0 Å². The Kier molecular flexibility index (Phi) is 7.40. The predicted octanol–water partition coefficient (Wildman–Crippen LogP) is 3.04. The van der Waals surface area contributed by atoms with Gasteiger partial charge in [0.2, 0.25) is 0 Å². The number of aromatic nitrogens is 1. The van der Waals surface area contributed by atoms with Crippen molar-refractivity contribution in [1.29, 1.82) is 0 Å². The van der Waals surface area contributed by atoms with Crippen LogP contribution < -0.4 is 10.6 Å². The van der Waals surface area contributed by atoms with E-state index in [9.17, 15) is 4.79 Å². The quantitative estimate of drug-likeness (QED) is 0.879. The number of halogens is 2. The topological polar surface area (TPSA) is 54.0 Å². The Morgan fingerprint density at radius 1 is 1.29 bits per heavy atom. The number of hydrogen-bond donors (Lipinski definition) is 2. The summed E-state index contributed by atoms with van der Waals surface area (Å²) in [5.41, 5.74) is 0.898. The second-order valence-corrected chi connectivity index (χ2v) is 6.64. The number of amides is 1. The van der Waals surface area contributed by atoms with Gasteiger partial charge in [-0.3, -0.25) is 4.79 Å². The molecule has 0 bridgehead atoms. The third-order valence-corrected chi connectivity index (χ3v) is 5.44. The minimum atomic E-state index is 0. The molecule has 1 saturated heterocycles. The number of hydrogen-bond acceptors (Lipinski definition) is 4. The van der Waals surface area contributed by atoms with Crippen molar-refractivity contribution in [3.63, 3.8) is 0 Å². The monoisotopic (exact) mass is 351 g/mol. The van der Waals surface area contributed by atoms with E-state index >= 15 is 0 Å². The van der Waals surface area contributed by atoms with Gasteiger partial charge in [-0.1, -0.05) is 12.8 Å². The summed E-state index contributed by atoms with van der Waals surface area (Å²) in [6, 6.07) is 0.281. The van der Waals surface area contributed by atoms with E-state index in [0.717, 1.165) is 30.1 Å². The first-order valence-electron chi connectivity index (χ1n) is 7.23. The molecule has 0 aromatic carbocycles. The first kappa shape index (κ1) is 18.7. The standard InChI is InChI=1S/C14H21N3OS.2ClH/c1-9-12(13(18)17-11-6-7-15-8-11)19-14(16-9)10-4-2-3-5-10;;/h10-11,15H,2-8H2,1H3,(H,17,18);2*1H. The zero-order valence-electron chi connectivity index (χ0n) is 12.2. The third kappa shape index (κ3) is 4.31. The average Bonchev–Trinajstić information content (AvgIpc) is 3.07. The molecule has 4 nitrogen and oxygen atoms in total. The number of thiazole rings is 1. The molecule has 2 aliphatic rings. The molecule has 21 heavy (non-hydrogen) atoms. The summed E-state index contributed by atoms with van der Waals surface area (Å²) in [6.45, 7) is 3.84. The Morgan fingerprint density at radius 3 is 2.62 bits per heavy atom. The van der Waals surface area contributed by atoms with Crippen molar-refractivity contribution in [2.45, 2.75) is 51.0 Å². The summed E-state index contributed by atoms with van der Waals surface area (Å²) < 4.78 is 0. The molecule has 7 heteroatoms. The fourth-order valence-electron chi connectivity index (χ4n) is 3.00. The smallest absolute Gasteiger partial charge is 0.263 e. The van der Waals surface area contributed by atoms with Gasteiger partial charge in [0.25, 0.3) is 5.91 Å². The van der Waals surface area contributed by atoms with Crippen molar-refractivity contribution < 1.29 is 4.79 Å². The molecule has 1 aromatic rings. The lowest BCUT2D eigenvalue weighted by molar-refractivity contribution is 0.0943. The van der Waals surface area contributed by atoms with Crippen LogP contribution in [0.25, 0.3) is 0 Å². The van der Waals surface area contributed by atoms with Crippen molar-refractivity contribution in [3.8, 4) is 0 Å². The van der Waals surface area contributed by atoms with Gasteiger partial charge in [0, 0.05) is 18.5 Å². The van der Waals surface area contributed by atoms with E-state index in [2.05, 4.69) is 15.6 Å². The summed E-state index contributed by atoms with van der Waals surface area (Å²) in [5, 5.41) is 7.55. The summed E-state index contributed by atoms with van der Waals surface area (Å²) in [7, 11) is 0. The van der Waals surface area contributed by atoms with Gasteiger partial charge in [0.15, 0.2) is 0 Å². The zero-order valence-corrected chi connectivity index (χ0v) is 14.6. The van der Waals surface area contributed by atoms with Crippen molar-refractivity contribution in [1.82, 2.24) is 15.6 Å². The largest absolute Gasteiger partial charge is 0.347 e. The third-order valence-electron chi connectivity index (χ3n) is 4.12. The molecule has 1 aromatic heterocycles. The highest BCUT2D eigenvalue weighted by Gasteiger charge is 2.25. The maximum absolute atomic E-state index is 12.3. The van der Waals surface area contributed by atoms with Gasteiger partial charge in [0.05, 0.1) is 10.7 Å². The van der Waals surface area contributed by atoms with Gasteiger partial charge in [-0.25, -0.2) is 4.98 Å². The highest BCUT2D eigenvalue weighted by Crippen LogP contribution is 2.37. The molecule has 2 heterocycles. The average molecular weight is 352 g/mol. The molecule has 2 fully saturated rings. The molecule has 3 rings (SSSR count). The van der Waals surface area contributed by atoms with Crippen LogP contribution in [0, 0.1) is 6.92 Å². The Labute approximate surface area is 142 Å². The van der Waals surface area contributed by atoms with Crippen molar-refractivity contribution in [2.24, 2.45) is 0 Å². The number of nitrogens with zero attached hydrogens (tertiary/aromatic N) is 1. The molecule has 120 valence electrons. The Hall–Kier alpha value is -0.360. The van der Waals surface area contributed by atoms with Crippen LogP contribution >= 0.6 is 36.2 Å². The maximum Gasteiger partial charge on any atom is 0.263 e. The van der Waals surface area contributed by atoms with E-state index in [0.29, 0.717) is 5.92 Å².